The number of benzene rings is 2. The molecule has 0 aliphatic heterocycles. The van der Waals surface area contributed by atoms with Gasteiger partial charge in [-0.3, -0.25) is 9.88 Å². The summed E-state index contributed by atoms with van der Waals surface area (Å²) in [5.41, 5.74) is 2.76. The van der Waals surface area contributed by atoms with E-state index in [1.54, 1.807) is 18.3 Å². The van der Waals surface area contributed by atoms with Crippen molar-refractivity contribution in [1.29, 1.82) is 0 Å². The summed E-state index contributed by atoms with van der Waals surface area (Å²) >= 11 is 6.29. The molecule has 0 saturated heterocycles. The van der Waals surface area contributed by atoms with E-state index in [2.05, 4.69) is 9.88 Å². The van der Waals surface area contributed by atoms with Crippen LogP contribution < -0.4 is 0 Å². The van der Waals surface area contributed by atoms with E-state index < -0.39 is 0 Å². The highest BCUT2D eigenvalue weighted by Crippen LogP contribution is 2.29. The summed E-state index contributed by atoms with van der Waals surface area (Å²) in [5, 5.41) is 0.725. The van der Waals surface area contributed by atoms with E-state index in [-0.39, 0.29) is 11.9 Å². The predicted octanol–water partition coefficient (Wildman–Crippen LogP) is 5.10. The lowest BCUT2D eigenvalue weighted by Crippen LogP contribution is -2.26. The molecule has 0 fully saturated rings. The Morgan fingerprint density at radius 2 is 1.83 bits per heavy atom. The second kappa shape index (κ2) is 7.56. The molecular weight excluding hydrogens is 323 g/mol. The Bertz CT molecular complexity index is 807. The molecule has 0 bridgehead atoms. The molecule has 1 heterocycles. The average molecular weight is 341 g/mol. The molecule has 2 nitrogen and oxygen atoms in total. The standard InChI is InChI=1S/C20H18ClFN2/c1-24(14-16-7-2-3-10-18(16)21)20(19-11-4-5-12-23-19)15-8-6-9-17(22)13-15/h2-13,20H,14H2,1H3. The Morgan fingerprint density at radius 1 is 1.04 bits per heavy atom. The zero-order chi connectivity index (χ0) is 16.9. The monoisotopic (exact) mass is 340 g/mol. The number of hydrogen-bond acceptors (Lipinski definition) is 2. The highest BCUT2D eigenvalue weighted by atomic mass is 35.5. The number of halogens is 2. The normalized spacial score (nSPS) is 12.3. The van der Waals surface area contributed by atoms with Crippen molar-refractivity contribution in [3.63, 3.8) is 0 Å². The molecule has 24 heavy (non-hydrogen) atoms. The molecule has 0 spiro atoms. The van der Waals surface area contributed by atoms with Crippen molar-refractivity contribution in [2.24, 2.45) is 0 Å². The lowest BCUT2D eigenvalue weighted by atomic mass is 10.0. The van der Waals surface area contributed by atoms with Gasteiger partial charge in [0, 0.05) is 17.8 Å². The van der Waals surface area contributed by atoms with Crippen LogP contribution >= 0.6 is 11.6 Å². The largest absolute Gasteiger partial charge is 0.290 e. The second-order valence-electron chi connectivity index (χ2n) is 5.72. The maximum Gasteiger partial charge on any atom is 0.123 e. The first-order chi connectivity index (χ1) is 11.6. The zero-order valence-corrected chi connectivity index (χ0v) is 14.1. The summed E-state index contributed by atoms with van der Waals surface area (Å²) in [6.07, 6.45) is 1.75. The van der Waals surface area contributed by atoms with Gasteiger partial charge in [0.2, 0.25) is 0 Å². The molecule has 0 amide bonds. The quantitative estimate of drug-likeness (QED) is 0.642. The van der Waals surface area contributed by atoms with E-state index in [1.165, 1.54) is 6.07 Å². The number of nitrogens with zero attached hydrogens (tertiary/aromatic N) is 2. The van der Waals surface area contributed by atoms with Crippen molar-refractivity contribution in [3.8, 4) is 0 Å². The summed E-state index contributed by atoms with van der Waals surface area (Å²) in [6, 6.07) is 20.0. The maximum atomic E-state index is 13.7. The Hall–Kier alpha value is -2.23. The van der Waals surface area contributed by atoms with Crippen LogP contribution in [0.5, 0.6) is 0 Å². The predicted molar refractivity (Wildman–Crippen MR) is 95.4 cm³/mol. The molecule has 0 saturated carbocycles. The maximum absolute atomic E-state index is 13.7. The molecule has 0 aliphatic carbocycles. The lowest BCUT2D eigenvalue weighted by molar-refractivity contribution is 0.266. The summed E-state index contributed by atoms with van der Waals surface area (Å²) in [4.78, 5) is 6.60. The van der Waals surface area contributed by atoms with E-state index in [0.29, 0.717) is 6.54 Å². The molecular formula is C20H18ClFN2. The second-order valence-corrected chi connectivity index (χ2v) is 6.13. The van der Waals surface area contributed by atoms with Gasteiger partial charge in [-0.05, 0) is 48.5 Å². The fourth-order valence-corrected chi connectivity index (χ4v) is 3.05. The minimum absolute atomic E-state index is 0.154. The highest BCUT2D eigenvalue weighted by molar-refractivity contribution is 6.31. The van der Waals surface area contributed by atoms with Gasteiger partial charge in [0.1, 0.15) is 5.82 Å². The van der Waals surface area contributed by atoms with Gasteiger partial charge in [0.25, 0.3) is 0 Å². The van der Waals surface area contributed by atoms with Crippen molar-refractivity contribution in [1.82, 2.24) is 9.88 Å². The highest BCUT2D eigenvalue weighted by Gasteiger charge is 2.21. The van der Waals surface area contributed by atoms with E-state index in [4.69, 9.17) is 11.6 Å². The van der Waals surface area contributed by atoms with E-state index >= 15 is 0 Å². The van der Waals surface area contributed by atoms with Crippen LogP contribution in [-0.4, -0.2) is 16.9 Å². The first-order valence-electron chi connectivity index (χ1n) is 7.75. The van der Waals surface area contributed by atoms with Crippen LogP contribution in [0.2, 0.25) is 5.02 Å². The Balaban J connectivity index is 1.97. The van der Waals surface area contributed by atoms with Gasteiger partial charge in [0.15, 0.2) is 0 Å². The minimum atomic E-state index is -0.250. The zero-order valence-electron chi connectivity index (χ0n) is 13.4. The van der Waals surface area contributed by atoms with Crippen molar-refractivity contribution in [3.05, 3.63) is 101 Å². The first-order valence-corrected chi connectivity index (χ1v) is 8.13. The third-order valence-electron chi connectivity index (χ3n) is 3.95. The molecule has 1 atom stereocenters. The summed E-state index contributed by atoms with van der Waals surface area (Å²) in [7, 11) is 1.99. The molecule has 2 aromatic carbocycles. The number of rotatable bonds is 5. The lowest BCUT2D eigenvalue weighted by Gasteiger charge is -2.28. The first kappa shape index (κ1) is 16.6. The van der Waals surface area contributed by atoms with Crippen LogP contribution in [0.15, 0.2) is 72.9 Å². The van der Waals surface area contributed by atoms with Crippen LogP contribution in [0.25, 0.3) is 0 Å². The molecule has 3 aromatic rings. The third-order valence-corrected chi connectivity index (χ3v) is 4.32. The van der Waals surface area contributed by atoms with Gasteiger partial charge in [-0.25, -0.2) is 4.39 Å². The molecule has 1 unspecified atom stereocenters. The smallest absolute Gasteiger partial charge is 0.123 e. The van der Waals surface area contributed by atoms with Crippen molar-refractivity contribution in [2.45, 2.75) is 12.6 Å². The van der Waals surface area contributed by atoms with Crippen molar-refractivity contribution >= 4 is 11.6 Å². The van der Waals surface area contributed by atoms with Crippen molar-refractivity contribution in [2.75, 3.05) is 7.05 Å². The topological polar surface area (TPSA) is 16.1 Å². The molecule has 0 aliphatic rings. The van der Waals surface area contributed by atoms with E-state index in [1.807, 2.05) is 55.6 Å². The van der Waals surface area contributed by atoms with Gasteiger partial charge in [-0.2, -0.15) is 0 Å². The average Bonchev–Trinajstić information content (AvgIpc) is 2.58. The molecule has 122 valence electrons. The Labute approximate surface area is 146 Å². The Morgan fingerprint density at radius 3 is 2.54 bits per heavy atom. The molecule has 3 rings (SSSR count). The summed E-state index contributed by atoms with van der Waals surface area (Å²) in [6.45, 7) is 0.636. The molecule has 0 N–H and O–H groups in total. The number of pyridine rings is 1. The summed E-state index contributed by atoms with van der Waals surface area (Å²) < 4.78 is 13.7. The third kappa shape index (κ3) is 3.81. The van der Waals surface area contributed by atoms with Gasteiger partial charge < -0.3 is 0 Å². The minimum Gasteiger partial charge on any atom is -0.290 e. The van der Waals surface area contributed by atoms with Crippen LogP contribution in [0.4, 0.5) is 4.39 Å². The molecule has 0 radical (unpaired) electrons. The van der Waals surface area contributed by atoms with Crippen LogP contribution in [-0.2, 0) is 6.54 Å². The van der Waals surface area contributed by atoms with Crippen LogP contribution in [0.1, 0.15) is 22.9 Å². The van der Waals surface area contributed by atoms with Crippen LogP contribution in [0, 0.1) is 5.82 Å². The fraction of sp³-hybridized carbons (Fsp3) is 0.150. The number of hydrogen-bond donors (Lipinski definition) is 0. The van der Waals surface area contributed by atoms with Gasteiger partial charge >= 0.3 is 0 Å². The summed E-state index contributed by atoms with van der Waals surface area (Å²) in [5.74, 6) is -0.250. The number of aromatic nitrogens is 1. The van der Waals surface area contributed by atoms with Crippen molar-refractivity contribution < 1.29 is 4.39 Å². The van der Waals surface area contributed by atoms with E-state index in [9.17, 15) is 4.39 Å². The SMILES string of the molecule is CN(Cc1ccccc1Cl)C(c1cccc(F)c1)c1ccccn1. The van der Waals surface area contributed by atoms with Crippen LogP contribution in [0.3, 0.4) is 0 Å². The van der Waals surface area contributed by atoms with E-state index in [0.717, 1.165) is 21.8 Å². The van der Waals surface area contributed by atoms with Gasteiger partial charge in [0.05, 0.1) is 11.7 Å². The van der Waals surface area contributed by atoms with Gasteiger partial charge in [-0.1, -0.05) is 48.0 Å². The fourth-order valence-electron chi connectivity index (χ4n) is 2.85. The molecule has 1 aromatic heterocycles. The molecule has 4 heteroatoms. The Kier molecular flexibility index (Phi) is 5.24. The van der Waals surface area contributed by atoms with Gasteiger partial charge in [-0.15, -0.1) is 0 Å².